The molecule has 3 nitrogen and oxygen atoms in total. The van der Waals surface area contributed by atoms with Crippen LogP contribution in [-0.4, -0.2) is 25.0 Å². The van der Waals surface area contributed by atoms with Crippen molar-refractivity contribution in [1.82, 2.24) is 10.6 Å². The average molecular weight is 218 g/mol. The predicted octanol–water partition coefficient (Wildman–Crippen LogP) is 0.934. The average Bonchev–Trinajstić information content (AvgIpc) is 2.25. The number of carbonyl (C=O) groups is 1. The van der Waals surface area contributed by atoms with Crippen molar-refractivity contribution >= 4 is 5.91 Å². The second-order valence-electron chi connectivity index (χ2n) is 4.46. The van der Waals surface area contributed by atoms with E-state index >= 15 is 0 Å². The molecule has 86 valence electrons. The molecule has 1 heterocycles. The third-order valence-corrected chi connectivity index (χ3v) is 3.22. The number of hydrogen-bond donors (Lipinski definition) is 2. The highest BCUT2D eigenvalue weighted by atomic mass is 16.2. The van der Waals surface area contributed by atoms with Crippen LogP contribution in [0.4, 0.5) is 0 Å². The topological polar surface area (TPSA) is 41.1 Å². The minimum absolute atomic E-state index is 0.0987. The van der Waals surface area contributed by atoms with Crippen LogP contribution in [0.15, 0.2) is 18.2 Å². The summed E-state index contributed by atoms with van der Waals surface area (Å²) in [6, 6.07) is 6.57. The normalized spacial score (nSPS) is 20.6. The molecule has 0 saturated carbocycles. The van der Waals surface area contributed by atoms with Gasteiger partial charge in [-0.1, -0.05) is 18.2 Å². The molecular formula is C13H18N2O. The lowest BCUT2D eigenvalue weighted by molar-refractivity contribution is -0.122. The zero-order valence-corrected chi connectivity index (χ0v) is 9.84. The van der Waals surface area contributed by atoms with Gasteiger partial charge in [-0.05, 0) is 37.0 Å². The van der Waals surface area contributed by atoms with Gasteiger partial charge in [0.15, 0.2) is 0 Å². The van der Waals surface area contributed by atoms with Crippen molar-refractivity contribution in [2.24, 2.45) is 0 Å². The summed E-state index contributed by atoms with van der Waals surface area (Å²) in [7, 11) is 0. The Labute approximate surface area is 96.2 Å². The molecule has 16 heavy (non-hydrogen) atoms. The van der Waals surface area contributed by atoms with Gasteiger partial charge in [-0.15, -0.1) is 0 Å². The van der Waals surface area contributed by atoms with Gasteiger partial charge in [0.25, 0.3) is 0 Å². The summed E-state index contributed by atoms with van der Waals surface area (Å²) in [4.78, 5) is 11.2. The van der Waals surface area contributed by atoms with Gasteiger partial charge in [0.2, 0.25) is 5.91 Å². The molecule has 0 aromatic heterocycles. The van der Waals surface area contributed by atoms with E-state index in [1.165, 1.54) is 16.7 Å². The van der Waals surface area contributed by atoms with Crippen LogP contribution < -0.4 is 10.6 Å². The minimum Gasteiger partial charge on any atom is -0.351 e. The van der Waals surface area contributed by atoms with Crippen LogP contribution in [0.3, 0.4) is 0 Å². The number of carbonyl (C=O) groups excluding carboxylic acids is 1. The first-order valence-electron chi connectivity index (χ1n) is 5.72. The first-order chi connectivity index (χ1) is 7.66. The van der Waals surface area contributed by atoms with Gasteiger partial charge in [0, 0.05) is 12.6 Å². The molecule has 2 rings (SSSR count). The van der Waals surface area contributed by atoms with Crippen molar-refractivity contribution in [2.45, 2.75) is 26.3 Å². The quantitative estimate of drug-likeness (QED) is 0.775. The molecule has 1 aliphatic heterocycles. The highest BCUT2D eigenvalue weighted by molar-refractivity contribution is 5.79. The summed E-state index contributed by atoms with van der Waals surface area (Å²) in [5.41, 5.74) is 3.98. The molecular weight excluding hydrogens is 200 g/mol. The zero-order valence-electron chi connectivity index (χ0n) is 9.84. The largest absolute Gasteiger partial charge is 0.351 e. The third kappa shape index (κ3) is 2.42. The Hall–Kier alpha value is -1.35. The van der Waals surface area contributed by atoms with Gasteiger partial charge in [-0.2, -0.15) is 0 Å². The van der Waals surface area contributed by atoms with Crippen molar-refractivity contribution < 1.29 is 4.79 Å². The molecule has 0 spiro atoms. The molecule has 1 aromatic carbocycles. The number of hydrogen-bond acceptors (Lipinski definition) is 2. The summed E-state index contributed by atoms with van der Waals surface area (Å²) in [5, 5.41) is 6.14. The molecule has 0 radical (unpaired) electrons. The maximum absolute atomic E-state index is 11.2. The lowest BCUT2D eigenvalue weighted by Gasteiger charge is -2.25. The van der Waals surface area contributed by atoms with E-state index < -0.39 is 0 Å². The molecule has 3 heteroatoms. The van der Waals surface area contributed by atoms with E-state index in [9.17, 15) is 4.79 Å². The van der Waals surface area contributed by atoms with Gasteiger partial charge in [0.1, 0.15) is 0 Å². The smallest absolute Gasteiger partial charge is 0.234 e. The van der Waals surface area contributed by atoms with Gasteiger partial charge < -0.3 is 10.6 Å². The summed E-state index contributed by atoms with van der Waals surface area (Å²) in [6.45, 7) is 5.57. The fraction of sp³-hybridized carbons (Fsp3) is 0.462. The number of nitrogens with one attached hydrogen (secondary N) is 2. The van der Waals surface area contributed by atoms with Gasteiger partial charge in [-0.25, -0.2) is 0 Å². The second kappa shape index (κ2) is 4.66. The van der Waals surface area contributed by atoms with Crippen LogP contribution in [-0.2, 0) is 11.2 Å². The van der Waals surface area contributed by atoms with Crippen molar-refractivity contribution in [1.29, 1.82) is 0 Å². The van der Waals surface area contributed by atoms with Crippen LogP contribution in [0.5, 0.6) is 0 Å². The first kappa shape index (κ1) is 11.1. The summed E-state index contributed by atoms with van der Waals surface area (Å²) in [5.74, 6) is 0.0987. The Morgan fingerprint density at radius 1 is 1.38 bits per heavy atom. The van der Waals surface area contributed by atoms with Gasteiger partial charge in [-0.3, -0.25) is 4.79 Å². The van der Waals surface area contributed by atoms with E-state index in [1.807, 2.05) is 0 Å². The SMILES string of the molecule is Cc1cccc(CC2CNCC(=O)N2)c1C. The molecule has 1 aliphatic rings. The molecule has 1 aromatic rings. The van der Waals surface area contributed by atoms with Gasteiger partial charge in [0.05, 0.1) is 6.54 Å². The van der Waals surface area contributed by atoms with Crippen molar-refractivity contribution in [3.63, 3.8) is 0 Å². The number of aryl methyl sites for hydroxylation is 1. The van der Waals surface area contributed by atoms with Crippen LogP contribution in [0, 0.1) is 13.8 Å². The van der Waals surface area contributed by atoms with Crippen LogP contribution in [0.25, 0.3) is 0 Å². The first-order valence-corrected chi connectivity index (χ1v) is 5.72. The van der Waals surface area contributed by atoms with Crippen molar-refractivity contribution in [3.8, 4) is 0 Å². The monoisotopic (exact) mass is 218 g/mol. The number of rotatable bonds is 2. The summed E-state index contributed by atoms with van der Waals surface area (Å²) >= 11 is 0. The van der Waals surface area contributed by atoms with E-state index in [0.717, 1.165) is 13.0 Å². The van der Waals surface area contributed by atoms with Crippen molar-refractivity contribution in [2.75, 3.05) is 13.1 Å². The molecule has 1 saturated heterocycles. The standard InChI is InChI=1S/C13H18N2O/c1-9-4-3-5-11(10(9)2)6-12-7-14-8-13(16)15-12/h3-5,12,14H,6-8H2,1-2H3,(H,15,16). The molecule has 1 unspecified atom stereocenters. The third-order valence-electron chi connectivity index (χ3n) is 3.22. The predicted molar refractivity (Wildman–Crippen MR) is 64.4 cm³/mol. The maximum Gasteiger partial charge on any atom is 0.234 e. The Bertz CT molecular complexity index is 401. The summed E-state index contributed by atoms with van der Waals surface area (Å²) in [6.07, 6.45) is 0.909. The minimum atomic E-state index is 0.0987. The van der Waals surface area contributed by atoms with E-state index in [2.05, 4.69) is 42.7 Å². The lowest BCUT2D eigenvalue weighted by Crippen LogP contribution is -2.53. The van der Waals surface area contributed by atoms with E-state index in [4.69, 9.17) is 0 Å². The van der Waals surface area contributed by atoms with E-state index in [-0.39, 0.29) is 11.9 Å². The van der Waals surface area contributed by atoms with Gasteiger partial charge >= 0.3 is 0 Å². The fourth-order valence-electron chi connectivity index (χ4n) is 2.11. The second-order valence-corrected chi connectivity index (χ2v) is 4.46. The lowest BCUT2D eigenvalue weighted by atomic mass is 9.97. The van der Waals surface area contributed by atoms with E-state index in [1.54, 1.807) is 0 Å². The molecule has 1 amide bonds. The number of benzene rings is 1. The summed E-state index contributed by atoms with van der Waals surface area (Å²) < 4.78 is 0. The number of amides is 1. The Morgan fingerprint density at radius 2 is 2.19 bits per heavy atom. The molecule has 0 aliphatic carbocycles. The maximum atomic E-state index is 11.2. The molecule has 1 atom stereocenters. The van der Waals surface area contributed by atoms with Crippen LogP contribution in [0.1, 0.15) is 16.7 Å². The molecule has 2 N–H and O–H groups in total. The Balaban J connectivity index is 2.08. The van der Waals surface area contributed by atoms with E-state index in [0.29, 0.717) is 6.54 Å². The molecule has 0 bridgehead atoms. The molecule has 1 fully saturated rings. The highest BCUT2D eigenvalue weighted by Crippen LogP contribution is 2.14. The number of piperazine rings is 1. The van der Waals surface area contributed by atoms with Crippen LogP contribution >= 0.6 is 0 Å². The van der Waals surface area contributed by atoms with Crippen LogP contribution in [0.2, 0.25) is 0 Å². The fourth-order valence-corrected chi connectivity index (χ4v) is 2.11. The zero-order chi connectivity index (χ0) is 11.5. The highest BCUT2D eigenvalue weighted by Gasteiger charge is 2.18. The van der Waals surface area contributed by atoms with Crippen molar-refractivity contribution in [3.05, 3.63) is 34.9 Å². The Kier molecular flexibility index (Phi) is 3.25. The Morgan fingerprint density at radius 3 is 2.94 bits per heavy atom.